The summed E-state index contributed by atoms with van der Waals surface area (Å²) >= 11 is 0. The number of nitrogens with zero attached hydrogens (tertiary/aromatic N) is 2. The lowest BCUT2D eigenvalue weighted by molar-refractivity contribution is -0.384. The molecule has 0 unspecified atom stereocenters. The van der Waals surface area contributed by atoms with Crippen molar-refractivity contribution in [2.75, 3.05) is 6.61 Å². The summed E-state index contributed by atoms with van der Waals surface area (Å²) in [6, 6.07) is 4.67. The highest BCUT2D eigenvalue weighted by Crippen LogP contribution is 2.38. The first-order valence-corrected chi connectivity index (χ1v) is 7.56. The topological polar surface area (TPSA) is 105 Å². The molecule has 2 rings (SSSR count). The number of ether oxygens (including phenoxy) is 1. The lowest BCUT2D eigenvalue weighted by Crippen LogP contribution is -2.61. The summed E-state index contributed by atoms with van der Waals surface area (Å²) in [6.45, 7) is 0.924. The Kier molecular flexibility index (Phi) is 5.40. The van der Waals surface area contributed by atoms with E-state index in [0.29, 0.717) is 12.5 Å². The van der Waals surface area contributed by atoms with Crippen LogP contribution in [0.1, 0.15) is 19.8 Å². The molecule has 26 heavy (non-hydrogen) atoms. The van der Waals surface area contributed by atoms with Crippen molar-refractivity contribution in [3.8, 4) is 5.75 Å². The first-order valence-electron chi connectivity index (χ1n) is 7.56. The number of hydrazine groups is 1. The highest BCUT2D eigenvalue weighted by molar-refractivity contribution is 5.79. The number of carbonyl (C=O) groups excluding carboxylic acids is 1. The van der Waals surface area contributed by atoms with E-state index in [2.05, 4.69) is 5.43 Å². The van der Waals surface area contributed by atoms with Crippen molar-refractivity contribution < 1.29 is 32.7 Å². The number of hydrogen-bond donors (Lipinski definition) is 2. The summed E-state index contributed by atoms with van der Waals surface area (Å²) in [6.07, 6.45) is -3.84. The summed E-state index contributed by atoms with van der Waals surface area (Å²) in [5, 5.41) is 20.6. The molecule has 0 saturated carbocycles. The molecule has 1 aromatic carbocycles. The predicted molar refractivity (Wildman–Crippen MR) is 82.6 cm³/mol. The van der Waals surface area contributed by atoms with Crippen LogP contribution < -0.4 is 10.2 Å². The summed E-state index contributed by atoms with van der Waals surface area (Å²) in [5.74, 6) is -1.11. The van der Waals surface area contributed by atoms with Crippen LogP contribution in [0.4, 0.5) is 18.9 Å². The van der Waals surface area contributed by atoms with E-state index in [4.69, 9.17) is 4.74 Å². The molecular formula is C15H16F3N3O5. The summed E-state index contributed by atoms with van der Waals surface area (Å²) in [5.41, 5.74) is -1.36. The first-order chi connectivity index (χ1) is 12.1. The first kappa shape index (κ1) is 19.5. The molecule has 0 bridgehead atoms. The van der Waals surface area contributed by atoms with Gasteiger partial charge in [0.25, 0.3) is 17.3 Å². The Balaban J connectivity index is 2.09. The lowest BCUT2D eigenvalue weighted by atomic mass is 10.1. The fourth-order valence-electron chi connectivity index (χ4n) is 2.30. The zero-order chi connectivity index (χ0) is 19.5. The molecule has 2 N–H and O–H groups in total. The molecule has 1 atom stereocenters. The lowest BCUT2D eigenvalue weighted by Gasteiger charge is -2.33. The second-order valence-corrected chi connectivity index (χ2v) is 5.52. The Morgan fingerprint density at radius 2 is 2.00 bits per heavy atom. The van der Waals surface area contributed by atoms with Gasteiger partial charge in [0.15, 0.2) is 6.61 Å². The molecule has 0 radical (unpaired) electrons. The molecule has 1 aliphatic heterocycles. The van der Waals surface area contributed by atoms with E-state index in [1.165, 1.54) is 12.1 Å². The highest BCUT2D eigenvalue weighted by atomic mass is 19.4. The zero-order valence-electron chi connectivity index (χ0n) is 13.6. The van der Waals surface area contributed by atoms with E-state index in [9.17, 15) is 33.2 Å². The number of amides is 1. The van der Waals surface area contributed by atoms with Crippen molar-refractivity contribution in [1.29, 1.82) is 0 Å². The van der Waals surface area contributed by atoms with Crippen LogP contribution in [0.25, 0.3) is 0 Å². The number of halogens is 3. The van der Waals surface area contributed by atoms with Crippen LogP contribution in [0.2, 0.25) is 0 Å². The number of nitrogens with one attached hydrogen (secondary N) is 1. The van der Waals surface area contributed by atoms with E-state index in [0.717, 1.165) is 12.1 Å². The molecule has 0 saturated heterocycles. The van der Waals surface area contributed by atoms with E-state index >= 15 is 0 Å². The van der Waals surface area contributed by atoms with Gasteiger partial charge in [-0.3, -0.25) is 20.3 Å². The second-order valence-electron chi connectivity index (χ2n) is 5.52. The molecular weight excluding hydrogens is 359 g/mol. The van der Waals surface area contributed by atoms with Gasteiger partial charge in [0.05, 0.1) is 4.92 Å². The van der Waals surface area contributed by atoms with Gasteiger partial charge < -0.3 is 9.84 Å². The van der Waals surface area contributed by atoms with Gasteiger partial charge in [0.2, 0.25) is 0 Å². The van der Waals surface area contributed by atoms with Crippen molar-refractivity contribution in [3.63, 3.8) is 0 Å². The van der Waals surface area contributed by atoms with E-state index in [1.807, 2.05) is 0 Å². The van der Waals surface area contributed by atoms with Crippen LogP contribution in [0.15, 0.2) is 36.0 Å². The number of nitro benzene ring substituents is 1. The van der Waals surface area contributed by atoms with E-state index in [-0.39, 0.29) is 28.6 Å². The molecule has 0 spiro atoms. The minimum absolute atomic E-state index is 0.0560. The minimum atomic E-state index is -5.11. The maximum atomic E-state index is 13.2. The standard InChI is InChI=1S/C15H16F3N3O5/c1-2-3-10-8-14(23,15(16,17)18)20(19-10)13(22)9-26-12-6-4-11(5-7-12)21(24)25/h4-8,19,23H,2-3,9H2,1H3/t14-/m1/s1. The van der Waals surface area contributed by atoms with Crippen molar-refractivity contribution >= 4 is 11.6 Å². The number of alkyl halides is 3. The summed E-state index contributed by atoms with van der Waals surface area (Å²) in [4.78, 5) is 22.1. The Morgan fingerprint density at radius 3 is 2.50 bits per heavy atom. The highest BCUT2D eigenvalue weighted by Gasteiger charge is 2.61. The van der Waals surface area contributed by atoms with Crippen LogP contribution in [0.3, 0.4) is 0 Å². The number of allylic oxidation sites excluding steroid dienone is 1. The minimum Gasteiger partial charge on any atom is -0.484 e. The van der Waals surface area contributed by atoms with Gasteiger partial charge in [-0.25, -0.2) is 5.01 Å². The Bertz CT molecular complexity index is 720. The molecule has 0 fully saturated rings. The van der Waals surface area contributed by atoms with Gasteiger partial charge in [-0.05, 0) is 24.6 Å². The number of hydrogen-bond acceptors (Lipinski definition) is 6. The van der Waals surface area contributed by atoms with E-state index in [1.54, 1.807) is 6.92 Å². The van der Waals surface area contributed by atoms with Crippen LogP contribution >= 0.6 is 0 Å². The number of benzene rings is 1. The van der Waals surface area contributed by atoms with Crippen molar-refractivity contribution in [2.45, 2.75) is 31.7 Å². The molecule has 142 valence electrons. The van der Waals surface area contributed by atoms with Gasteiger partial charge in [0, 0.05) is 17.8 Å². The van der Waals surface area contributed by atoms with Crippen molar-refractivity contribution in [2.24, 2.45) is 0 Å². The average Bonchev–Trinajstić information content (AvgIpc) is 2.91. The fourth-order valence-corrected chi connectivity index (χ4v) is 2.30. The van der Waals surface area contributed by atoms with Crippen LogP contribution in [0, 0.1) is 10.1 Å². The summed E-state index contributed by atoms with van der Waals surface area (Å²) in [7, 11) is 0. The normalized spacial score (nSPS) is 19.7. The molecule has 1 heterocycles. The smallest absolute Gasteiger partial charge is 0.442 e. The number of nitro groups is 1. The van der Waals surface area contributed by atoms with Crippen LogP contribution in [-0.2, 0) is 4.79 Å². The maximum absolute atomic E-state index is 13.2. The Hall–Kier alpha value is -2.82. The molecule has 11 heteroatoms. The van der Waals surface area contributed by atoms with Crippen LogP contribution in [-0.4, -0.2) is 39.5 Å². The summed E-state index contributed by atoms with van der Waals surface area (Å²) < 4.78 is 44.7. The quantitative estimate of drug-likeness (QED) is 0.584. The third kappa shape index (κ3) is 3.87. The average molecular weight is 375 g/mol. The van der Waals surface area contributed by atoms with Gasteiger partial charge >= 0.3 is 6.18 Å². The van der Waals surface area contributed by atoms with Gasteiger partial charge in [-0.15, -0.1) is 0 Å². The fraction of sp³-hybridized carbons (Fsp3) is 0.400. The molecule has 0 aliphatic carbocycles. The monoisotopic (exact) mass is 375 g/mol. The Morgan fingerprint density at radius 1 is 1.38 bits per heavy atom. The largest absolute Gasteiger partial charge is 0.484 e. The van der Waals surface area contributed by atoms with E-state index < -0.39 is 29.3 Å². The third-order valence-corrected chi connectivity index (χ3v) is 3.57. The predicted octanol–water partition coefficient (Wildman–Crippen LogP) is 2.26. The van der Waals surface area contributed by atoms with Crippen LogP contribution in [0.5, 0.6) is 5.75 Å². The number of carbonyl (C=O) groups is 1. The molecule has 1 aromatic rings. The SMILES string of the molecule is CCCC1=C[C@@](O)(C(F)(F)F)N(C(=O)COc2ccc([N+](=O)[O-])cc2)N1. The molecule has 1 amide bonds. The zero-order valence-corrected chi connectivity index (χ0v) is 13.6. The number of non-ortho nitro benzene ring substituents is 1. The van der Waals surface area contributed by atoms with Gasteiger partial charge in [-0.1, -0.05) is 13.3 Å². The van der Waals surface area contributed by atoms with Crippen molar-refractivity contribution in [1.82, 2.24) is 10.4 Å². The molecule has 8 nitrogen and oxygen atoms in total. The third-order valence-electron chi connectivity index (χ3n) is 3.57. The molecule has 1 aliphatic rings. The van der Waals surface area contributed by atoms with Crippen molar-refractivity contribution in [3.05, 3.63) is 46.2 Å². The second kappa shape index (κ2) is 7.20. The number of rotatable bonds is 6. The molecule has 0 aromatic heterocycles. The Labute approximate surface area is 146 Å². The van der Waals surface area contributed by atoms with Gasteiger partial charge in [0.1, 0.15) is 5.75 Å². The maximum Gasteiger partial charge on any atom is 0.442 e. The van der Waals surface area contributed by atoms with Gasteiger partial charge in [-0.2, -0.15) is 13.2 Å². The number of aliphatic hydroxyl groups is 1.